The van der Waals surface area contributed by atoms with E-state index in [0.29, 0.717) is 0 Å². The van der Waals surface area contributed by atoms with E-state index in [-0.39, 0.29) is 0 Å². The fraction of sp³-hybridized carbons (Fsp3) is 1.00. The third-order valence-corrected chi connectivity index (χ3v) is 3.87. The normalized spacial score (nSPS) is 45.3. The summed E-state index contributed by atoms with van der Waals surface area (Å²) in [5, 5.41) is 0. The van der Waals surface area contributed by atoms with Crippen molar-refractivity contribution in [2.45, 2.75) is 46.0 Å². The summed E-state index contributed by atoms with van der Waals surface area (Å²) in [7, 11) is 0. The summed E-state index contributed by atoms with van der Waals surface area (Å²) in [4.78, 5) is 0. The van der Waals surface area contributed by atoms with Crippen LogP contribution in [0.2, 0.25) is 0 Å². The minimum Gasteiger partial charge on any atom is -0.0622 e. The standard InChI is InChI=1S/C10H18/c1-8(2)10-6-4-3-5-9(10)7-10/h8-9H,3-7H2,1-2H3/t9-,10+/m1/s1. The third-order valence-electron chi connectivity index (χ3n) is 3.87. The smallest absolute Gasteiger partial charge is 0.0243 e. The van der Waals surface area contributed by atoms with Gasteiger partial charge in [0.1, 0.15) is 0 Å². The molecule has 0 aromatic carbocycles. The Kier molecular flexibility index (Phi) is 1.33. The molecule has 0 spiro atoms. The lowest BCUT2D eigenvalue weighted by molar-refractivity contribution is 0.252. The van der Waals surface area contributed by atoms with Crippen molar-refractivity contribution in [3.05, 3.63) is 0 Å². The maximum absolute atomic E-state index is 2.41. The van der Waals surface area contributed by atoms with Crippen LogP contribution in [0.3, 0.4) is 0 Å². The van der Waals surface area contributed by atoms with E-state index in [1.54, 1.807) is 6.42 Å². The molecule has 0 unspecified atom stereocenters. The Bertz CT molecular complexity index is 137. The first kappa shape index (κ1) is 6.69. The zero-order chi connectivity index (χ0) is 7.19. The van der Waals surface area contributed by atoms with Crippen LogP contribution in [-0.4, -0.2) is 0 Å². The van der Waals surface area contributed by atoms with Gasteiger partial charge in [0.2, 0.25) is 0 Å². The van der Waals surface area contributed by atoms with Crippen LogP contribution >= 0.6 is 0 Å². The lowest BCUT2D eigenvalue weighted by atomic mass is 9.80. The van der Waals surface area contributed by atoms with Gasteiger partial charge in [-0.15, -0.1) is 0 Å². The van der Waals surface area contributed by atoms with Gasteiger partial charge in [-0.3, -0.25) is 0 Å². The fourth-order valence-electron chi connectivity index (χ4n) is 2.94. The number of fused-ring (bicyclic) bond motifs is 1. The molecule has 0 bridgehead atoms. The number of rotatable bonds is 1. The second-order valence-electron chi connectivity index (χ2n) is 4.53. The highest BCUT2D eigenvalue weighted by molar-refractivity contribution is 5.05. The van der Waals surface area contributed by atoms with E-state index in [4.69, 9.17) is 0 Å². The molecule has 2 atom stereocenters. The van der Waals surface area contributed by atoms with Gasteiger partial charge in [-0.25, -0.2) is 0 Å². The molecule has 0 heteroatoms. The van der Waals surface area contributed by atoms with Gasteiger partial charge in [-0.2, -0.15) is 0 Å². The second kappa shape index (κ2) is 1.99. The van der Waals surface area contributed by atoms with E-state index in [9.17, 15) is 0 Å². The monoisotopic (exact) mass is 138 g/mol. The van der Waals surface area contributed by atoms with Crippen molar-refractivity contribution in [2.75, 3.05) is 0 Å². The minimum absolute atomic E-state index is 0.845. The molecule has 2 rings (SSSR count). The number of hydrogen-bond donors (Lipinski definition) is 0. The molecule has 2 saturated carbocycles. The van der Waals surface area contributed by atoms with E-state index in [1.807, 2.05) is 0 Å². The predicted octanol–water partition coefficient (Wildman–Crippen LogP) is 3.22. The second-order valence-corrected chi connectivity index (χ2v) is 4.53. The minimum atomic E-state index is 0.845. The summed E-state index contributed by atoms with van der Waals surface area (Å²) >= 11 is 0. The molecule has 2 fully saturated rings. The van der Waals surface area contributed by atoms with Crippen LogP contribution in [0.5, 0.6) is 0 Å². The lowest BCUT2D eigenvalue weighted by Gasteiger charge is -2.25. The van der Waals surface area contributed by atoms with Crippen molar-refractivity contribution in [3.63, 3.8) is 0 Å². The van der Waals surface area contributed by atoms with Gasteiger partial charge in [-0.1, -0.05) is 26.7 Å². The summed E-state index contributed by atoms with van der Waals surface area (Å²) in [6.07, 6.45) is 7.66. The van der Waals surface area contributed by atoms with Crippen LogP contribution in [0.4, 0.5) is 0 Å². The maximum atomic E-state index is 2.41. The molecule has 0 heterocycles. The third kappa shape index (κ3) is 0.741. The van der Waals surface area contributed by atoms with E-state index < -0.39 is 0 Å². The Morgan fingerprint density at radius 2 is 2.10 bits per heavy atom. The summed E-state index contributed by atoms with van der Waals surface area (Å²) in [5.41, 5.74) is 0.845. The lowest BCUT2D eigenvalue weighted by Crippen LogP contribution is -2.15. The molecular formula is C10H18. The first-order valence-corrected chi connectivity index (χ1v) is 4.76. The quantitative estimate of drug-likeness (QED) is 0.522. The molecule has 0 aromatic rings. The first-order valence-electron chi connectivity index (χ1n) is 4.76. The largest absolute Gasteiger partial charge is 0.0622 e. The molecular weight excluding hydrogens is 120 g/mol. The molecule has 0 aliphatic heterocycles. The molecule has 0 aromatic heterocycles. The maximum Gasteiger partial charge on any atom is -0.0243 e. The predicted molar refractivity (Wildman–Crippen MR) is 43.8 cm³/mol. The molecule has 0 amide bonds. The zero-order valence-electron chi connectivity index (χ0n) is 7.19. The van der Waals surface area contributed by atoms with Crippen LogP contribution in [0, 0.1) is 17.3 Å². The van der Waals surface area contributed by atoms with Crippen molar-refractivity contribution in [3.8, 4) is 0 Å². The first-order chi connectivity index (χ1) is 4.76. The Morgan fingerprint density at radius 1 is 1.30 bits per heavy atom. The summed E-state index contributed by atoms with van der Waals surface area (Å²) in [5.74, 6) is 2.10. The summed E-state index contributed by atoms with van der Waals surface area (Å²) < 4.78 is 0. The van der Waals surface area contributed by atoms with Crippen LogP contribution in [0.1, 0.15) is 46.0 Å². The Labute approximate surface area is 64.0 Å². The number of hydrogen-bond acceptors (Lipinski definition) is 0. The highest BCUT2D eigenvalue weighted by Gasteiger charge is 2.55. The van der Waals surface area contributed by atoms with E-state index >= 15 is 0 Å². The molecule has 2 aliphatic carbocycles. The van der Waals surface area contributed by atoms with E-state index in [0.717, 1.165) is 17.3 Å². The van der Waals surface area contributed by atoms with Gasteiger partial charge >= 0.3 is 0 Å². The van der Waals surface area contributed by atoms with Gasteiger partial charge in [0, 0.05) is 0 Å². The average molecular weight is 138 g/mol. The molecule has 10 heavy (non-hydrogen) atoms. The van der Waals surface area contributed by atoms with Gasteiger partial charge in [-0.05, 0) is 36.5 Å². The summed E-state index contributed by atoms with van der Waals surface area (Å²) in [6.45, 7) is 4.82. The van der Waals surface area contributed by atoms with Crippen LogP contribution < -0.4 is 0 Å². The van der Waals surface area contributed by atoms with Crippen LogP contribution in [0.25, 0.3) is 0 Å². The van der Waals surface area contributed by atoms with Crippen LogP contribution in [0.15, 0.2) is 0 Å². The van der Waals surface area contributed by atoms with Crippen molar-refractivity contribution in [2.24, 2.45) is 17.3 Å². The van der Waals surface area contributed by atoms with Crippen molar-refractivity contribution in [1.82, 2.24) is 0 Å². The van der Waals surface area contributed by atoms with Crippen molar-refractivity contribution >= 4 is 0 Å². The zero-order valence-corrected chi connectivity index (χ0v) is 7.19. The molecule has 0 nitrogen and oxygen atoms in total. The van der Waals surface area contributed by atoms with Gasteiger partial charge in [0.15, 0.2) is 0 Å². The van der Waals surface area contributed by atoms with Gasteiger partial charge in [0.05, 0.1) is 0 Å². The Balaban J connectivity index is 2.05. The average Bonchev–Trinajstić information content (AvgIpc) is 2.61. The topological polar surface area (TPSA) is 0 Å². The molecule has 0 N–H and O–H groups in total. The Hall–Kier alpha value is 0. The molecule has 58 valence electrons. The fourth-order valence-corrected chi connectivity index (χ4v) is 2.94. The summed E-state index contributed by atoms with van der Waals surface area (Å²) in [6, 6.07) is 0. The highest BCUT2D eigenvalue weighted by Crippen LogP contribution is 2.65. The molecule has 2 aliphatic rings. The molecule has 0 saturated heterocycles. The van der Waals surface area contributed by atoms with Gasteiger partial charge in [0.25, 0.3) is 0 Å². The van der Waals surface area contributed by atoms with Gasteiger partial charge < -0.3 is 0 Å². The highest BCUT2D eigenvalue weighted by atomic mass is 14.6. The van der Waals surface area contributed by atoms with E-state index in [1.165, 1.54) is 25.7 Å². The Morgan fingerprint density at radius 3 is 2.60 bits per heavy atom. The SMILES string of the molecule is CC(C)[C@@]12CCCC[C@@H]1C2. The molecule has 0 radical (unpaired) electrons. The van der Waals surface area contributed by atoms with Crippen molar-refractivity contribution in [1.29, 1.82) is 0 Å². The van der Waals surface area contributed by atoms with Crippen molar-refractivity contribution < 1.29 is 0 Å². The van der Waals surface area contributed by atoms with Crippen LogP contribution in [-0.2, 0) is 0 Å². The van der Waals surface area contributed by atoms with E-state index in [2.05, 4.69) is 13.8 Å².